The van der Waals surface area contributed by atoms with Gasteiger partial charge in [0.15, 0.2) is 11.6 Å². The van der Waals surface area contributed by atoms with Crippen molar-refractivity contribution in [3.05, 3.63) is 11.6 Å². The van der Waals surface area contributed by atoms with Gasteiger partial charge in [-0.2, -0.15) is 0 Å². The Labute approximate surface area is 181 Å². The second-order valence-corrected chi connectivity index (χ2v) is 11.3. The SMILES string of the molecule is C[C@]12CCC(=O)C=C1CCC1C2[C@@H](O)C[C@@]2(C)C1CC[C@]2(O)C(=O)CSCC(=O)O. The van der Waals surface area contributed by atoms with E-state index in [1.807, 2.05) is 6.92 Å². The molecule has 4 rings (SSSR count). The number of carboxylic acids is 1. The molecule has 0 bridgehead atoms. The van der Waals surface area contributed by atoms with E-state index in [0.29, 0.717) is 19.3 Å². The molecule has 7 atom stereocenters. The summed E-state index contributed by atoms with van der Waals surface area (Å²) >= 11 is 1.02. The Morgan fingerprint density at radius 2 is 1.90 bits per heavy atom. The fourth-order valence-electron chi connectivity index (χ4n) is 7.50. The first-order valence-corrected chi connectivity index (χ1v) is 12.2. The summed E-state index contributed by atoms with van der Waals surface area (Å²) < 4.78 is 0. The molecular weight excluding hydrogens is 404 g/mol. The van der Waals surface area contributed by atoms with Crippen LogP contribution in [0.15, 0.2) is 11.6 Å². The summed E-state index contributed by atoms with van der Waals surface area (Å²) in [4.78, 5) is 35.8. The number of carbonyl (C=O) groups is 3. The van der Waals surface area contributed by atoms with E-state index in [1.165, 1.54) is 0 Å². The number of hydrogen-bond acceptors (Lipinski definition) is 6. The molecule has 0 radical (unpaired) electrons. The Hall–Kier alpha value is -1.18. The van der Waals surface area contributed by atoms with Crippen LogP contribution in [0.2, 0.25) is 0 Å². The van der Waals surface area contributed by atoms with Crippen LogP contribution in [0.4, 0.5) is 0 Å². The number of Topliss-reactive ketones (excluding diaryl/α,β-unsaturated/α-hetero) is 1. The second-order valence-electron chi connectivity index (χ2n) is 10.3. The number of carbonyl (C=O) groups excluding carboxylic acids is 2. The highest BCUT2D eigenvalue weighted by atomic mass is 32.2. The Kier molecular flexibility index (Phi) is 5.47. The normalized spacial score (nSPS) is 45.2. The third kappa shape index (κ3) is 3.11. The molecule has 0 amide bonds. The summed E-state index contributed by atoms with van der Waals surface area (Å²) in [6, 6.07) is 0. The predicted octanol–water partition coefficient (Wildman–Crippen LogP) is 2.61. The molecule has 166 valence electrons. The molecule has 7 heteroatoms. The van der Waals surface area contributed by atoms with Crippen molar-refractivity contribution >= 4 is 29.3 Å². The average molecular weight is 437 g/mol. The van der Waals surface area contributed by atoms with Crippen LogP contribution in [0.5, 0.6) is 0 Å². The maximum absolute atomic E-state index is 13.0. The molecule has 0 spiro atoms. The highest BCUT2D eigenvalue weighted by molar-refractivity contribution is 8.00. The molecule has 3 fully saturated rings. The van der Waals surface area contributed by atoms with E-state index in [0.717, 1.165) is 43.0 Å². The average Bonchev–Trinajstić information content (AvgIpc) is 2.93. The Bertz CT molecular complexity index is 808. The van der Waals surface area contributed by atoms with Crippen molar-refractivity contribution in [2.24, 2.45) is 28.6 Å². The molecule has 3 saturated carbocycles. The minimum Gasteiger partial charge on any atom is -0.481 e. The van der Waals surface area contributed by atoms with Gasteiger partial charge in [-0.25, -0.2) is 0 Å². The van der Waals surface area contributed by atoms with Crippen LogP contribution in [0.25, 0.3) is 0 Å². The minimum absolute atomic E-state index is 0.0258. The van der Waals surface area contributed by atoms with Crippen LogP contribution in [0.1, 0.15) is 58.8 Å². The minimum atomic E-state index is -1.52. The summed E-state index contributed by atoms with van der Waals surface area (Å²) in [7, 11) is 0. The van der Waals surface area contributed by atoms with Crippen molar-refractivity contribution in [1.29, 1.82) is 0 Å². The lowest BCUT2D eigenvalue weighted by Crippen LogP contribution is -2.62. The van der Waals surface area contributed by atoms with Crippen LogP contribution < -0.4 is 0 Å². The zero-order valence-electron chi connectivity index (χ0n) is 17.7. The number of aliphatic carboxylic acids is 1. The number of allylic oxidation sites excluding steroid dienone is 1. The Morgan fingerprint density at radius 1 is 1.17 bits per heavy atom. The number of carboxylic acid groups (broad SMARTS) is 1. The third-order valence-electron chi connectivity index (χ3n) is 8.97. The molecule has 3 unspecified atom stereocenters. The van der Waals surface area contributed by atoms with Gasteiger partial charge in [0, 0.05) is 11.8 Å². The van der Waals surface area contributed by atoms with E-state index in [2.05, 4.69) is 6.92 Å². The van der Waals surface area contributed by atoms with Gasteiger partial charge >= 0.3 is 5.97 Å². The zero-order valence-corrected chi connectivity index (χ0v) is 18.5. The van der Waals surface area contributed by atoms with Gasteiger partial charge in [0.2, 0.25) is 0 Å². The van der Waals surface area contributed by atoms with E-state index in [9.17, 15) is 24.6 Å². The van der Waals surface area contributed by atoms with Gasteiger partial charge in [-0.1, -0.05) is 19.4 Å². The molecule has 6 nitrogen and oxygen atoms in total. The van der Waals surface area contributed by atoms with Gasteiger partial charge in [0.05, 0.1) is 17.6 Å². The standard InChI is InChI=1S/C23H32O6S/c1-21-7-5-14(24)9-13(21)3-4-15-16-6-8-23(29,18(26)11-30-12-19(27)28)22(16,2)10-17(25)20(15)21/h9,15-17,20,25,29H,3-8,10-12H2,1-2H3,(H,27,28)/t15?,16?,17-,20?,21-,22-,23-/m0/s1. The molecule has 4 aliphatic carbocycles. The number of thioether (sulfide) groups is 1. The Balaban J connectivity index is 1.61. The first-order chi connectivity index (χ1) is 14.0. The fourth-order valence-corrected chi connectivity index (χ4v) is 8.20. The number of aliphatic hydroxyl groups excluding tert-OH is 1. The van der Waals surface area contributed by atoms with Gasteiger partial charge in [-0.05, 0) is 67.8 Å². The topological polar surface area (TPSA) is 112 Å². The van der Waals surface area contributed by atoms with Gasteiger partial charge < -0.3 is 15.3 Å². The Morgan fingerprint density at radius 3 is 2.60 bits per heavy atom. The lowest BCUT2D eigenvalue weighted by Gasteiger charge is -2.60. The van der Waals surface area contributed by atoms with Gasteiger partial charge in [0.25, 0.3) is 0 Å². The van der Waals surface area contributed by atoms with Crippen LogP contribution in [0, 0.1) is 28.6 Å². The van der Waals surface area contributed by atoms with Crippen LogP contribution >= 0.6 is 11.8 Å². The molecule has 0 heterocycles. The van der Waals surface area contributed by atoms with Crippen molar-refractivity contribution in [1.82, 2.24) is 0 Å². The van der Waals surface area contributed by atoms with E-state index in [1.54, 1.807) is 6.08 Å². The highest BCUT2D eigenvalue weighted by Crippen LogP contribution is 2.67. The monoisotopic (exact) mass is 436 g/mol. The highest BCUT2D eigenvalue weighted by Gasteiger charge is 2.68. The number of ketones is 2. The zero-order chi connectivity index (χ0) is 21.9. The summed E-state index contributed by atoms with van der Waals surface area (Å²) in [5, 5.41) is 31.7. The van der Waals surface area contributed by atoms with Crippen molar-refractivity contribution in [3.8, 4) is 0 Å². The fraction of sp³-hybridized carbons (Fsp3) is 0.783. The molecule has 4 aliphatic rings. The lowest BCUT2D eigenvalue weighted by molar-refractivity contribution is -0.178. The molecule has 3 N–H and O–H groups in total. The molecule has 30 heavy (non-hydrogen) atoms. The van der Waals surface area contributed by atoms with Gasteiger partial charge in [-0.15, -0.1) is 11.8 Å². The van der Waals surface area contributed by atoms with Crippen LogP contribution in [-0.4, -0.2) is 56.1 Å². The van der Waals surface area contributed by atoms with E-state index in [4.69, 9.17) is 5.11 Å². The van der Waals surface area contributed by atoms with Gasteiger partial charge in [0.1, 0.15) is 5.60 Å². The molecule has 0 aliphatic heterocycles. The first-order valence-electron chi connectivity index (χ1n) is 11.0. The predicted molar refractivity (Wildman–Crippen MR) is 113 cm³/mol. The number of fused-ring (bicyclic) bond motifs is 5. The van der Waals surface area contributed by atoms with Crippen molar-refractivity contribution < 1.29 is 29.7 Å². The summed E-state index contributed by atoms with van der Waals surface area (Å²) in [5.74, 6) is -0.906. The molecule has 0 aromatic carbocycles. The lowest BCUT2D eigenvalue weighted by atomic mass is 9.45. The second kappa shape index (κ2) is 7.45. The third-order valence-corrected chi connectivity index (χ3v) is 9.89. The summed E-state index contributed by atoms with van der Waals surface area (Å²) in [6.45, 7) is 4.13. The molecule has 0 aromatic rings. The van der Waals surface area contributed by atoms with Crippen LogP contribution in [0.3, 0.4) is 0 Å². The molecule has 0 saturated heterocycles. The first kappa shape index (κ1) is 22.0. The van der Waals surface area contributed by atoms with Crippen molar-refractivity contribution in [3.63, 3.8) is 0 Å². The maximum Gasteiger partial charge on any atom is 0.313 e. The smallest absolute Gasteiger partial charge is 0.313 e. The summed E-state index contributed by atoms with van der Waals surface area (Å²) in [5.41, 5.74) is -1.26. The van der Waals surface area contributed by atoms with Crippen molar-refractivity contribution in [2.45, 2.75) is 70.5 Å². The van der Waals surface area contributed by atoms with Crippen LogP contribution in [-0.2, 0) is 14.4 Å². The van der Waals surface area contributed by atoms with E-state index >= 15 is 0 Å². The summed E-state index contributed by atoms with van der Waals surface area (Å²) in [6.07, 6.45) is 5.62. The number of aliphatic hydroxyl groups is 2. The maximum atomic E-state index is 13.0. The number of hydrogen-bond donors (Lipinski definition) is 3. The van der Waals surface area contributed by atoms with Gasteiger partial charge in [-0.3, -0.25) is 14.4 Å². The van der Waals surface area contributed by atoms with E-state index < -0.39 is 23.1 Å². The molecule has 0 aromatic heterocycles. The largest absolute Gasteiger partial charge is 0.481 e. The molecular formula is C23H32O6S. The van der Waals surface area contributed by atoms with Crippen molar-refractivity contribution in [2.75, 3.05) is 11.5 Å². The quantitative estimate of drug-likeness (QED) is 0.607. The number of rotatable bonds is 5. The van der Waals surface area contributed by atoms with E-state index in [-0.39, 0.29) is 46.2 Å².